The van der Waals surface area contributed by atoms with Crippen LogP contribution >= 0.6 is 0 Å². The first-order chi connectivity index (χ1) is 12.2. The number of ether oxygens (including phenoxy) is 1. The Morgan fingerprint density at radius 1 is 1.04 bits per heavy atom. The average molecular weight is 339 g/mol. The van der Waals surface area contributed by atoms with E-state index in [0.29, 0.717) is 5.88 Å². The summed E-state index contributed by atoms with van der Waals surface area (Å²) in [5.41, 5.74) is 3.71. The maximum absolute atomic E-state index is 5.22. The third kappa shape index (κ3) is 3.44. The zero-order chi connectivity index (χ0) is 17.2. The van der Waals surface area contributed by atoms with Crippen LogP contribution in [0.1, 0.15) is 29.2 Å². The van der Waals surface area contributed by atoms with Crippen LogP contribution < -0.4 is 9.64 Å². The lowest BCUT2D eigenvalue weighted by molar-refractivity contribution is 0.245. The van der Waals surface area contributed by atoms with Gasteiger partial charge in [-0.1, -0.05) is 6.07 Å². The minimum Gasteiger partial charge on any atom is -0.481 e. The highest BCUT2D eigenvalue weighted by molar-refractivity contribution is 5.51. The van der Waals surface area contributed by atoms with Crippen molar-refractivity contribution in [3.63, 3.8) is 0 Å². The molecule has 0 N–H and O–H groups in total. The van der Waals surface area contributed by atoms with Crippen molar-refractivity contribution in [3.05, 3.63) is 41.0 Å². The van der Waals surface area contributed by atoms with Crippen molar-refractivity contribution in [2.24, 2.45) is 0 Å². The van der Waals surface area contributed by atoms with Gasteiger partial charge < -0.3 is 9.64 Å². The zero-order valence-electron chi connectivity index (χ0n) is 15.0. The highest BCUT2D eigenvalue weighted by atomic mass is 16.5. The molecule has 0 radical (unpaired) electrons. The highest BCUT2D eigenvalue weighted by Crippen LogP contribution is 2.29. The monoisotopic (exact) mass is 339 g/mol. The summed E-state index contributed by atoms with van der Waals surface area (Å²) in [6.07, 6.45) is 3.44. The topological polar surface area (TPSA) is 54.4 Å². The lowest BCUT2D eigenvalue weighted by atomic mass is 10.2. The molecule has 6 nitrogen and oxygen atoms in total. The Balaban J connectivity index is 1.42. The Bertz CT molecular complexity index is 755. The van der Waals surface area contributed by atoms with Crippen molar-refractivity contribution in [2.45, 2.75) is 32.7 Å². The molecule has 0 atom stereocenters. The Morgan fingerprint density at radius 2 is 1.88 bits per heavy atom. The summed E-state index contributed by atoms with van der Waals surface area (Å²) in [7, 11) is 1.66. The van der Waals surface area contributed by atoms with Crippen LogP contribution in [0.5, 0.6) is 5.88 Å². The van der Waals surface area contributed by atoms with Crippen molar-refractivity contribution in [1.29, 1.82) is 0 Å². The van der Waals surface area contributed by atoms with E-state index in [-0.39, 0.29) is 0 Å². The lowest BCUT2D eigenvalue weighted by Gasteiger charge is -2.36. The first kappa shape index (κ1) is 16.3. The van der Waals surface area contributed by atoms with Gasteiger partial charge in [0.2, 0.25) is 5.88 Å². The van der Waals surface area contributed by atoms with E-state index in [1.54, 1.807) is 7.11 Å². The van der Waals surface area contributed by atoms with E-state index in [0.717, 1.165) is 57.1 Å². The molecule has 0 spiro atoms. The van der Waals surface area contributed by atoms with Crippen molar-refractivity contribution in [2.75, 3.05) is 38.2 Å². The quantitative estimate of drug-likeness (QED) is 0.849. The summed E-state index contributed by atoms with van der Waals surface area (Å²) < 4.78 is 5.22. The summed E-state index contributed by atoms with van der Waals surface area (Å²) in [6.45, 7) is 6.94. The largest absolute Gasteiger partial charge is 0.481 e. The maximum Gasteiger partial charge on any atom is 0.213 e. The molecule has 132 valence electrons. The van der Waals surface area contributed by atoms with Gasteiger partial charge in [0.25, 0.3) is 0 Å². The number of anilines is 1. The van der Waals surface area contributed by atoms with Gasteiger partial charge in [-0.3, -0.25) is 4.90 Å². The predicted molar refractivity (Wildman–Crippen MR) is 97.1 cm³/mol. The smallest absolute Gasteiger partial charge is 0.213 e. The fourth-order valence-electron chi connectivity index (χ4n) is 3.80. The highest BCUT2D eigenvalue weighted by Gasteiger charge is 2.25. The van der Waals surface area contributed by atoms with Gasteiger partial charge in [0.15, 0.2) is 0 Å². The molecule has 1 saturated heterocycles. The van der Waals surface area contributed by atoms with Crippen molar-refractivity contribution in [3.8, 4) is 5.88 Å². The second kappa shape index (κ2) is 6.96. The Morgan fingerprint density at radius 3 is 2.68 bits per heavy atom. The molecule has 2 aliphatic rings. The van der Waals surface area contributed by atoms with Crippen LogP contribution in [-0.4, -0.2) is 53.1 Å². The molecular weight excluding hydrogens is 314 g/mol. The third-order valence-corrected chi connectivity index (χ3v) is 5.07. The van der Waals surface area contributed by atoms with Crippen LogP contribution in [0.3, 0.4) is 0 Å². The number of methoxy groups -OCH3 is 1. The molecule has 2 aromatic rings. The molecule has 0 saturated carbocycles. The molecule has 1 fully saturated rings. The minimum absolute atomic E-state index is 0.683. The molecule has 0 unspecified atom stereocenters. The van der Waals surface area contributed by atoms with Gasteiger partial charge in [0.05, 0.1) is 12.8 Å². The standard InChI is InChI=1S/C19H25N5O/c1-14-20-17-7-4-6-16(17)19(21-14)24-11-9-23(10-12-24)13-15-5-3-8-18(22-15)25-2/h3,5,8H,4,6-7,9-13H2,1-2H3. The number of fused-ring (bicyclic) bond motifs is 1. The van der Waals surface area contributed by atoms with E-state index in [1.807, 2.05) is 19.1 Å². The van der Waals surface area contributed by atoms with Gasteiger partial charge in [-0.15, -0.1) is 0 Å². The summed E-state index contributed by atoms with van der Waals surface area (Å²) in [5.74, 6) is 2.76. The van der Waals surface area contributed by atoms with Gasteiger partial charge in [-0.05, 0) is 32.3 Å². The van der Waals surface area contributed by atoms with E-state index in [2.05, 4.69) is 25.8 Å². The number of hydrogen-bond donors (Lipinski definition) is 0. The number of aromatic nitrogens is 3. The van der Waals surface area contributed by atoms with Crippen LogP contribution in [0.15, 0.2) is 18.2 Å². The zero-order valence-corrected chi connectivity index (χ0v) is 15.0. The number of pyridine rings is 1. The third-order valence-electron chi connectivity index (χ3n) is 5.07. The molecule has 6 heteroatoms. The van der Waals surface area contributed by atoms with Crippen LogP contribution in [0.4, 0.5) is 5.82 Å². The number of hydrogen-bond acceptors (Lipinski definition) is 6. The molecule has 0 amide bonds. The van der Waals surface area contributed by atoms with Gasteiger partial charge in [0.1, 0.15) is 11.6 Å². The first-order valence-corrected chi connectivity index (χ1v) is 9.06. The van der Waals surface area contributed by atoms with Crippen molar-refractivity contribution >= 4 is 5.82 Å². The number of nitrogens with zero attached hydrogens (tertiary/aromatic N) is 5. The first-order valence-electron chi connectivity index (χ1n) is 9.06. The molecule has 1 aliphatic carbocycles. The summed E-state index contributed by atoms with van der Waals surface area (Å²) in [4.78, 5) is 18.8. The van der Waals surface area contributed by atoms with E-state index in [1.165, 1.54) is 23.5 Å². The van der Waals surface area contributed by atoms with Gasteiger partial charge in [-0.25, -0.2) is 15.0 Å². The fraction of sp³-hybridized carbons (Fsp3) is 0.526. The predicted octanol–water partition coefficient (Wildman–Crippen LogP) is 2.00. The van der Waals surface area contributed by atoms with Crippen LogP contribution in [0.2, 0.25) is 0 Å². The Kier molecular flexibility index (Phi) is 4.53. The second-order valence-electron chi connectivity index (χ2n) is 6.81. The molecular formula is C19H25N5O. The molecule has 3 heterocycles. The van der Waals surface area contributed by atoms with Crippen LogP contribution in [0, 0.1) is 6.92 Å². The number of aryl methyl sites for hydroxylation is 2. The average Bonchev–Trinajstić information content (AvgIpc) is 3.10. The fourth-order valence-corrected chi connectivity index (χ4v) is 3.80. The van der Waals surface area contributed by atoms with E-state index >= 15 is 0 Å². The van der Waals surface area contributed by atoms with E-state index in [4.69, 9.17) is 9.72 Å². The molecule has 1 aliphatic heterocycles. The summed E-state index contributed by atoms with van der Waals surface area (Å²) >= 11 is 0. The van der Waals surface area contributed by atoms with Gasteiger partial charge >= 0.3 is 0 Å². The molecule has 2 aromatic heterocycles. The number of piperazine rings is 1. The van der Waals surface area contributed by atoms with Crippen molar-refractivity contribution in [1.82, 2.24) is 19.9 Å². The Hall–Kier alpha value is -2.21. The van der Waals surface area contributed by atoms with Crippen molar-refractivity contribution < 1.29 is 4.74 Å². The molecule has 25 heavy (non-hydrogen) atoms. The van der Waals surface area contributed by atoms with E-state index < -0.39 is 0 Å². The lowest BCUT2D eigenvalue weighted by Crippen LogP contribution is -2.46. The maximum atomic E-state index is 5.22. The molecule has 0 bridgehead atoms. The minimum atomic E-state index is 0.683. The Labute approximate surface area is 148 Å². The van der Waals surface area contributed by atoms with Gasteiger partial charge in [-0.2, -0.15) is 0 Å². The second-order valence-corrected chi connectivity index (χ2v) is 6.81. The molecule has 4 rings (SSSR count). The van der Waals surface area contributed by atoms with Crippen LogP contribution in [-0.2, 0) is 19.4 Å². The van der Waals surface area contributed by atoms with Gasteiger partial charge in [0, 0.05) is 50.0 Å². The SMILES string of the molecule is COc1cccc(CN2CCN(c3nc(C)nc4c3CCC4)CC2)n1. The summed E-state index contributed by atoms with van der Waals surface area (Å²) in [6, 6.07) is 5.96. The summed E-state index contributed by atoms with van der Waals surface area (Å²) in [5, 5.41) is 0. The molecule has 0 aromatic carbocycles. The number of rotatable bonds is 4. The van der Waals surface area contributed by atoms with Crippen LogP contribution in [0.25, 0.3) is 0 Å². The van der Waals surface area contributed by atoms with E-state index in [9.17, 15) is 0 Å². The normalized spacial score (nSPS) is 17.6.